The Labute approximate surface area is 168 Å². The Morgan fingerprint density at radius 3 is 2.10 bits per heavy atom. The van der Waals surface area contributed by atoms with Gasteiger partial charge in [-0.3, -0.25) is 15.0 Å². The van der Waals surface area contributed by atoms with Crippen LogP contribution in [0.15, 0.2) is 72.8 Å². The van der Waals surface area contributed by atoms with Gasteiger partial charge in [-0.05, 0) is 48.5 Å². The lowest BCUT2D eigenvalue weighted by Crippen LogP contribution is -2.37. The summed E-state index contributed by atoms with van der Waals surface area (Å²) in [6, 6.07) is 19.3. The van der Waals surface area contributed by atoms with Gasteiger partial charge in [0.25, 0.3) is 11.8 Å². The summed E-state index contributed by atoms with van der Waals surface area (Å²) in [4.78, 5) is 27.6. The van der Waals surface area contributed by atoms with Gasteiger partial charge in [-0.2, -0.15) is 0 Å². The zero-order chi connectivity index (χ0) is 21.0. The minimum atomic E-state index is -0.577. The highest BCUT2D eigenvalue weighted by atomic mass is 16.5. The third kappa shape index (κ3) is 4.08. The molecular weight excluding hydrogens is 368 g/mol. The lowest BCUT2D eigenvalue weighted by Gasteiger charge is -2.23. The van der Waals surface area contributed by atoms with Crippen LogP contribution in [-0.2, 0) is 0 Å². The first-order valence-corrected chi connectivity index (χ1v) is 8.74. The summed E-state index contributed by atoms with van der Waals surface area (Å²) in [5, 5.41) is 7.59. The first-order valence-electron chi connectivity index (χ1n) is 8.74. The van der Waals surface area contributed by atoms with E-state index < -0.39 is 11.8 Å². The summed E-state index contributed by atoms with van der Waals surface area (Å²) in [6.45, 7) is 0. The van der Waals surface area contributed by atoms with Crippen LogP contribution in [0.5, 0.6) is 5.75 Å². The van der Waals surface area contributed by atoms with Crippen molar-refractivity contribution in [1.29, 1.82) is 5.41 Å². The van der Waals surface area contributed by atoms with Crippen molar-refractivity contribution in [3.05, 3.63) is 89.5 Å². The largest absolute Gasteiger partial charge is 0.497 e. The molecule has 0 atom stereocenters. The number of imide groups is 1. The molecule has 0 aliphatic heterocycles. The van der Waals surface area contributed by atoms with Crippen molar-refractivity contribution in [3.8, 4) is 5.75 Å². The number of amides is 2. The Hall–Kier alpha value is -4.13. The maximum absolute atomic E-state index is 13.3. The highest BCUT2D eigenvalue weighted by molar-refractivity contribution is 6.27. The molecule has 0 aliphatic rings. The molecule has 3 aromatic rings. The van der Waals surface area contributed by atoms with Crippen LogP contribution >= 0.6 is 0 Å². The molecule has 0 aliphatic carbocycles. The van der Waals surface area contributed by atoms with E-state index in [1.54, 1.807) is 66.7 Å². The number of carbonyl (C=O) groups is 2. The number of nitrogens with two attached hydrogens (primary N) is 2. The molecule has 0 unspecified atom stereocenters. The number of methoxy groups -OCH3 is 1. The van der Waals surface area contributed by atoms with Crippen molar-refractivity contribution in [3.63, 3.8) is 0 Å². The Kier molecular flexibility index (Phi) is 5.59. The van der Waals surface area contributed by atoms with Crippen molar-refractivity contribution < 1.29 is 14.3 Å². The zero-order valence-corrected chi connectivity index (χ0v) is 15.8. The molecule has 0 saturated carbocycles. The molecule has 2 amide bonds. The third-order valence-corrected chi connectivity index (χ3v) is 4.34. The predicted octanol–water partition coefficient (Wildman–Crippen LogP) is 3.05. The summed E-state index contributed by atoms with van der Waals surface area (Å²) in [5.41, 5.74) is 13.0. The second-order valence-corrected chi connectivity index (χ2v) is 6.23. The van der Waals surface area contributed by atoms with Gasteiger partial charge in [0.2, 0.25) is 0 Å². The number of amidine groups is 1. The van der Waals surface area contributed by atoms with E-state index in [-0.39, 0.29) is 22.8 Å². The number of ether oxygens (including phenoxy) is 1. The highest BCUT2D eigenvalue weighted by Crippen LogP contribution is 2.27. The summed E-state index contributed by atoms with van der Waals surface area (Å²) in [7, 11) is 1.53. The van der Waals surface area contributed by atoms with E-state index in [2.05, 4.69) is 0 Å². The molecule has 0 spiro atoms. The molecule has 0 saturated heterocycles. The third-order valence-electron chi connectivity index (χ3n) is 4.34. The number of rotatable bonds is 5. The Bertz CT molecular complexity index is 1080. The average molecular weight is 388 g/mol. The normalized spacial score (nSPS) is 10.2. The molecule has 29 heavy (non-hydrogen) atoms. The van der Waals surface area contributed by atoms with E-state index >= 15 is 0 Å². The molecular formula is C22H20N4O3. The topological polar surface area (TPSA) is 122 Å². The molecule has 5 N–H and O–H groups in total. The number of para-hydroxylation sites is 2. The molecule has 3 aromatic carbocycles. The number of hydrogen-bond acceptors (Lipinski definition) is 5. The fourth-order valence-corrected chi connectivity index (χ4v) is 2.81. The SMILES string of the molecule is COc1ccc(C(=O)N(C(=O)c2cccc(C(=N)N)c2)c2ccccc2N)cc1. The molecule has 0 aromatic heterocycles. The van der Waals surface area contributed by atoms with Crippen molar-refractivity contribution in [2.75, 3.05) is 17.7 Å². The van der Waals surface area contributed by atoms with E-state index in [0.29, 0.717) is 16.9 Å². The van der Waals surface area contributed by atoms with Crippen molar-refractivity contribution in [2.45, 2.75) is 0 Å². The Morgan fingerprint density at radius 2 is 1.48 bits per heavy atom. The minimum Gasteiger partial charge on any atom is -0.497 e. The molecule has 3 rings (SSSR count). The first kappa shape index (κ1) is 19.6. The van der Waals surface area contributed by atoms with E-state index in [1.807, 2.05) is 0 Å². The Morgan fingerprint density at radius 1 is 0.862 bits per heavy atom. The van der Waals surface area contributed by atoms with E-state index in [1.165, 1.54) is 13.2 Å². The van der Waals surface area contributed by atoms with Crippen molar-refractivity contribution in [1.82, 2.24) is 0 Å². The molecule has 146 valence electrons. The number of anilines is 2. The molecule has 0 heterocycles. The smallest absolute Gasteiger partial charge is 0.265 e. The Balaban J connectivity index is 2.09. The van der Waals surface area contributed by atoms with Gasteiger partial charge in [0.15, 0.2) is 0 Å². The van der Waals surface area contributed by atoms with Crippen LogP contribution in [0.25, 0.3) is 0 Å². The van der Waals surface area contributed by atoms with Crippen LogP contribution in [0.3, 0.4) is 0 Å². The van der Waals surface area contributed by atoms with Crippen LogP contribution in [0.1, 0.15) is 26.3 Å². The van der Waals surface area contributed by atoms with Gasteiger partial charge < -0.3 is 16.2 Å². The maximum atomic E-state index is 13.3. The fraction of sp³-hybridized carbons (Fsp3) is 0.0455. The van der Waals surface area contributed by atoms with Gasteiger partial charge in [0.1, 0.15) is 11.6 Å². The zero-order valence-electron chi connectivity index (χ0n) is 15.8. The van der Waals surface area contributed by atoms with Gasteiger partial charge in [-0.1, -0.05) is 24.3 Å². The van der Waals surface area contributed by atoms with Crippen LogP contribution < -0.4 is 21.1 Å². The number of nitrogens with zero attached hydrogens (tertiary/aromatic N) is 1. The summed E-state index contributed by atoms with van der Waals surface area (Å²) < 4.78 is 5.12. The average Bonchev–Trinajstić information content (AvgIpc) is 2.75. The highest BCUT2D eigenvalue weighted by Gasteiger charge is 2.27. The van der Waals surface area contributed by atoms with Gasteiger partial charge >= 0.3 is 0 Å². The van der Waals surface area contributed by atoms with Gasteiger partial charge in [-0.15, -0.1) is 0 Å². The monoisotopic (exact) mass is 388 g/mol. The molecule has 7 heteroatoms. The quantitative estimate of drug-likeness (QED) is 0.268. The van der Waals surface area contributed by atoms with Gasteiger partial charge in [0, 0.05) is 16.7 Å². The molecule has 7 nitrogen and oxygen atoms in total. The predicted molar refractivity (Wildman–Crippen MR) is 112 cm³/mol. The summed E-state index contributed by atoms with van der Waals surface area (Å²) >= 11 is 0. The first-order chi connectivity index (χ1) is 13.9. The second kappa shape index (κ2) is 8.26. The lowest BCUT2D eigenvalue weighted by molar-refractivity contribution is 0.0897. The number of hydrogen-bond donors (Lipinski definition) is 3. The number of nitrogens with one attached hydrogen (secondary N) is 1. The van der Waals surface area contributed by atoms with Crippen LogP contribution in [-0.4, -0.2) is 24.8 Å². The number of carbonyl (C=O) groups excluding carboxylic acids is 2. The van der Waals surface area contributed by atoms with E-state index in [9.17, 15) is 9.59 Å². The number of benzene rings is 3. The maximum Gasteiger partial charge on any atom is 0.265 e. The number of nitrogen functional groups attached to an aromatic ring is 2. The summed E-state index contributed by atoms with van der Waals surface area (Å²) in [5.74, 6) is -0.699. The van der Waals surface area contributed by atoms with Gasteiger partial charge in [-0.25, -0.2) is 4.90 Å². The fourth-order valence-electron chi connectivity index (χ4n) is 2.81. The molecule has 0 bridgehead atoms. The second-order valence-electron chi connectivity index (χ2n) is 6.23. The summed E-state index contributed by atoms with van der Waals surface area (Å²) in [6.07, 6.45) is 0. The van der Waals surface area contributed by atoms with E-state index in [4.69, 9.17) is 21.6 Å². The molecule has 0 fully saturated rings. The molecule has 0 radical (unpaired) electrons. The standard InChI is InChI=1S/C22H20N4O3/c1-29-17-11-9-14(10-12-17)21(27)26(19-8-3-2-7-18(19)23)22(28)16-6-4-5-15(13-16)20(24)25/h2-13H,23H2,1H3,(H3,24,25). The van der Waals surface area contributed by atoms with Gasteiger partial charge in [0.05, 0.1) is 18.5 Å². The van der Waals surface area contributed by atoms with Crippen molar-refractivity contribution >= 4 is 29.0 Å². The lowest BCUT2D eigenvalue weighted by atomic mass is 10.1. The van der Waals surface area contributed by atoms with Crippen molar-refractivity contribution in [2.24, 2.45) is 5.73 Å². The van der Waals surface area contributed by atoms with Crippen LogP contribution in [0.2, 0.25) is 0 Å². The van der Waals surface area contributed by atoms with Crippen LogP contribution in [0.4, 0.5) is 11.4 Å². The van der Waals surface area contributed by atoms with E-state index in [0.717, 1.165) is 4.90 Å². The van der Waals surface area contributed by atoms with Crippen LogP contribution in [0, 0.1) is 5.41 Å². The minimum absolute atomic E-state index is 0.174.